The molecule has 150 valence electrons. The van der Waals surface area contributed by atoms with E-state index in [-0.39, 0.29) is 18.2 Å². The molecule has 5 heteroatoms. The topological polar surface area (TPSA) is 106 Å². The minimum Gasteiger partial charge on any atom is -0.481 e. The number of carbonyl (C=O) groups is 2. The zero-order valence-electron chi connectivity index (χ0n) is 16.9. The predicted octanol–water partition coefficient (Wildman–Crippen LogP) is 4.33. The van der Waals surface area contributed by atoms with Gasteiger partial charge in [-0.3, -0.25) is 9.59 Å². The van der Waals surface area contributed by atoms with Crippen molar-refractivity contribution in [1.82, 2.24) is 0 Å². The lowest BCUT2D eigenvalue weighted by atomic mass is 9.82. The van der Waals surface area contributed by atoms with Crippen molar-refractivity contribution in [3.05, 3.63) is 0 Å². The Labute approximate surface area is 154 Å². The summed E-state index contributed by atoms with van der Waals surface area (Å²) in [6.07, 6.45) is 11.0. The number of hydrogen-bond donors (Lipinski definition) is 3. The number of amides is 1. The highest BCUT2D eigenvalue weighted by molar-refractivity contribution is 5.73. The molecule has 1 saturated carbocycles. The van der Waals surface area contributed by atoms with Gasteiger partial charge in [-0.15, -0.1) is 0 Å². The van der Waals surface area contributed by atoms with Crippen molar-refractivity contribution >= 4 is 11.9 Å². The van der Waals surface area contributed by atoms with Crippen molar-refractivity contribution in [2.75, 3.05) is 6.54 Å². The Bertz CT molecular complexity index is 327. The van der Waals surface area contributed by atoms with Gasteiger partial charge in [-0.2, -0.15) is 0 Å². The lowest BCUT2D eigenvalue weighted by Crippen LogP contribution is -2.17. The molecular formula is C20H42N2O3. The van der Waals surface area contributed by atoms with Crippen LogP contribution in [0.5, 0.6) is 0 Å². The van der Waals surface area contributed by atoms with Gasteiger partial charge in [0.05, 0.1) is 0 Å². The molecule has 0 saturated heterocycles. The van der Waals surface area contributed by atoms with Crippen LogP contribution in [0.25, 0.3) is 0 Å². The number of nitrogens with two attached hydrogens (primary N) is 2. The average molecular weight is 359 g/mol. The van der Waals surface area contributed by atoms with Gasteiger partial charge in [-0.05, 0) is 37.1 Å². The van der Waals surface area contributed by atoms with Crippen LogP contribution in [0, 0.1) is 17.8 Å². The Kier molecular flexibility index (Phi) is 18.5. The van der Waals surface area contributed by atoms with Crippen molar-refractivity contribution in [3.63, 3.8) is 0 Å². The molecule has 0 aromatic carbocycles. The first-order valence-electron chi connectivity index (χ1n) is 9.98. The second-order valence-corrected chi connectivity index (χ2v) is 7.35. The molecule has 0 bridgehead atoms. The van der Waals surface area contributed by atoms with E-state index in [0.29, 0.717) is 13.0 Å². The predicted molar refractivity (Wildman–Crippen MR) is 105 cm³/mol. The van der Waals surface area contributed by atoms with Gasteiger partial charge in [-0.25, -0.2) is 0 Å². The summed E-state index contributed by atoms with van der Waals surface area (Å²) in [5.74, 6) is 1.20. The Morgan fingerprint density at radius 2 is 1.64 bits per heavy atom. The Morgan fingerprint density at radius 3 is 1.88 bits per heavy atom. The fourth-order valence-corrected chi connectivity index (χ4v) is 3.01. The third-order valence-corrected chi connectivity index (χ3v) is 4.58. The summed E-state index contributed by atoms with van der Waals surface area (Å²) in [5, 5.41) is 8.39. The van der Waals surface area contributed by atoms with Crippen LogP contribution in [-0.2, 0) is 9.59 Å². The van der Waals surface area contributed by atoms with Gasteiger partial charge < -0.3 is 16.6 Å². The van der Waals surface area contributed by atoms with E-state index in [2.05, 4.69) is 13.8 Å². The molecule has 1 amide bonds. The van der Waals surface area contributed by atoms with Crippen LogP contribution in [-0.4, -0.2) is 23.5 Å². The molecule has 1 rings (SSSR count). The summed E-state index contributed by atoms with van der Waals surface area (Å²) in [6.45, 7) is 9.15. The minimum atomic E-state index is -0.746. The van der Waals surface area contributed by atoms with Gasteiger partial charge in [0, 0.05) is 12.8 Å². The smallest absolute Gasteiger partial charge is 0.303 e. The van der Waals surface area contributed by atoms with E-state index < -0.39 is 5.97 Å². The molecule has 25 heavy (non-hydrogen) atoms. The van der Waals surface area contributed by atoms with Crippen molar-refractivity contribution < 1.29 is 14.7 Å². The molecule has 1 aliphatic rings. The van der Waals surface area contributed by atoms with Crippen molar-refractivity contribution in [2.24, 2.45) is 29.2 Å². The molecule has 0 aliphatic heterocycles. The zero-order chi connectivity index (χ0) is 19.7. The van der Waals surface area contributed by atoms with Crippen molar-refractivity contribution in [1.29, 1.82) is 0 Å². The molecule has 0 spiro atoms. The van der Waals surface area contributed by atoms with E-state index in [1.165, 1.54) is 32.1 Å². The third kappa shape index (κ3) is 19.1. The maximum Gasteiger partial charge on any atom is 0.303 e. The molecule has 0 aromatic rings. The van der Waals surface area contributed by atoms with Crippen molar-refractivity contribution in [2.45, 2.75) is 91.9 Å². The number of carbonyl (C=O) groups excluding carboxylic acids is 1. The molecule has 1 atom stereocenters. The van der Waals surface area contributed by atoms with E-state index in [1.807, 2.05) is 13.8 Å². The summed E-state index contributed by atoms with van der Waals surface area (Å²) in [5.41, 5.74) is 10.1. The lowest BCUT2D eigenvalue weighted by Gasteiger charge is -2.24. The first-order valence-corrected chi connectivity index (χ1v) is 9.98. The number of hydrogen-bond acceptors (Lipinski definition) is 3. The van der Waals surface area contributed by atoms with Crippen LogP contribution < -0.4 is 11.5 Å². The van der Waals surface area contributed by atoms with Gasteiger partial charge >= 0.3 is 5.97 Å². The second kappa shape index (κ2) is 17.7. The lowest BCUT2D eigenvalue weighted by molar-refractivity contribution is -0.138. The zero-order valence-corrected chi connectivity index (χ0v) is 16.9. The van der Waals surface area contributed by atoms with E-state index in [1.54, 1.807) is 0 Å². The highest BCUT2D eigenvalue weighted by atomic mass is 16.4. The molecule has 1 fully saturated rings. The van der Waals surface area contributed by atoms with Crippen LogP contribution in [0.15, 0.2) is 0 Å². The van der Waals surface area contributed by atoms with E-state index in [4.69, 9.17) is 16.6 Å². The second-order valence-electron chi connectivity index (χ2n) is 7.35. The molecule has 5 N–H and O–H groups in total. The van der Waals surface area contributed by atoms with Gasteiger partial charge in [0.2, 0.25) is 5.91 Å². The van der Waals surface area contributed by atoms with Crippen LogP contribution in [0.3, 0.4) is 0 Å². The quantitative estimate of drug-likeness (QED) is 0.600. The SMILES string of the molecule is CC(C)C1CCCCC1.CCCC(N)=O.CCC[C@@H](CN)CC(=O)O. The summed E-state index contributed by atoms with van der Waals surface area (Å²) in [7, 11) is 0. The number of aliphatic carboxylic acids is 1. The normalized spacial score (nSPS) is 15.4. The Morgan fingerprint density at radius 1 is 1.08 bits per heavy atom. The largest absolute Gasteiger partial charge is 0.481 e. The minimum absolute atomic E-state index is 0.169. The molecule has 0 heterocycles. The van der Waals surface area contributed by atoms with Crippen LogP contribution in [0.1, 0.15) is 91.9 Å². The molecular weight excluding hydrogens is 316 g/mol. The highest BCUT2D eigenvalue weighted by Gasteiger charge is 2.15. The van der Waals surface area contributed by atoms with Gasteiger partial charge in [0.15, 0.2) is 0 Å². The number of rotatable bonds is 8. The summed E-state index contributed by atoms with van der Waals surface area (Å²) >= 11 is 0. The summed E-state index contributed by atoms with van der Waals surface area (Å²) in [6, 6.07) is 0. The standard InChI is InChI=1S/C9H18.C7H15NO2.C4H9NO/c1-8(2)9-6-4-3-5-7-9;1-2-3-6(5-8)4-7(9)10;1-2-3-4(5)6/h8-9H,3-7H2,1-2H3;6H,2-5,8H2,1H3,(H,9,10);2-3H2,1H3,(H2,5,6)/t;6-;/m.1./s1. The molecule has 0 aromatic heterocycles. The molecule has 0 radical (unpaired) electrons. The van der Waals surface area contributed by atoms with Crippen molar-refractivity contribution in [3.8, 4) is 0 Å². The van der Waals surface area contributed by atoms with Gasteiger partial charge in [0.1, 0.15) is 0 Å². The van der Waals surface area contributed by atoms with E-state index in [9.17, 15) is 9.59 Å². The third-order valence-electron chi connectivity index (χ3n) is 4.58. The maximum atomic E-state index is 10.2. The van der Waals surface area contributed by atoms with Gasteiger partial charge in [0.25, 0.3) is 0 Å². The molecule has 0 unspecified atom stereocenters. The monoisotopic (exact) mass is 358 g/mol. The van der Waals surface area contributed by atoms with Crippen LogP contribution >= 0.6 is 0 Å². The summed E-state index contributed by atoms with van der Waals surface area (Å²) < 4.78 is 0. The number of carboxylic acid groups (broad SMARTS) is 1. The Balaban J connectivity index is 0. The number of primary amides is 1. The first kappa shape index (κ1) is 26.1. The fraction of sp³-hybridized carbons (Fsp3) is 0.900. The van der Waals surface area contributed by atoms with Crippen LogP contribution in [0.2, 0.25) is 0 Å². The average Bonchev–Trinajstić information content (AvgIpc) is 2.56. The number of carboxylic acids is 1. The molecule has 5 nitrogen and oxygen atoms in total. The molecule has 1 aliphatic carbocycles. The first-order chi connectivity index (χ1) is 11.8. The van der Waals surface area contributed by atoms with Gasteiger partial charge in [-0.1, -0.05) is 66.2 Å². The fourth-order valence-electron chi connectivity index (χ4n) is 3.01. The van der Waals surface area contributed by atoms with E-state index in [0.717, 1.165) is 31.1 Å². The maximum absolute atomic E-state index is 10.2. The highest BCUT2D eigenvalue weighted by Crippen LogP contribution is 2.29. The Hall–Kier alpha value is -1.10. The van der Waals surface area contributed by atoms with E-state index >= 15 is 0 Å². The van der Waals surface area contributed by atoms with Crippen LogP contribution in [0.4, 0.5) is 0 Å². The summed E-state index contributed by atoms with van der Waals surface area (Å²) in [4.78, 5) is 20.0.